The maximum Gasteiger partial charge on any atom is 0.264 e. The molecule has 0 aliphatic carbocycles. The molecule has 0 radical (unpaired) electrons. The topological polar surface area (TPSA) is 89.9 Å². The van der Waals surface area contributed by atoms with Crippen LogP contribution in [0.5, 0.6) is 0 Å². The number of nitrogens with zero attached hydrogens (tertiary/aromatic N) is 6. The first-order valence-corrected chi connectivity index (χ1v) is 9.07. The first-order chi connectivity index (χ1) is 12.1. The van der Waals surface area contributed by atoms with Crippen molar-refractivity contribution in [1.82, 2.24) is 30.0 Å². The first-order valence-electron chi connectivity index (χ1n) is 7.87. The fraction of sp³-hybridized carbons (Fsp3) is 0.400. The summed E-state index contributed by atoms with van der Waals surface area (Å²) in [4.78, 5) is 19.3. The number of hydrogen-bond donors (Lipinski definition) is 0. The molecular formula is C15H15ClN6O2S. The molecule has 0 bridgehead atoms. The number of hydrogen-bond acceptors (Lipinski definition) is 7. The summed E-state index contributed by atoms with van der Waals surface area (Å²) in [6.07, 6.45) is 3.64. The van der Waals surface area contributed by atoms with Crippen molar-refractivity contribution in [1.29, 1.82) is 0 Å². The molecule has 1 aliphatic heterocycles. The highest BCUT2D eigenvalue weighted by atomic mass is 35.5. The van der Waals surface area contributed by atoms with Gasteiger partial charge in [-0.3, -0.25) is 4.79 Å². The van der Waals surface area contributed by atoms with Crippen LogP contribution in [-0.4, -0.2) is 49.0 Å². The van der Waals surface area contributed by atoms with E-state index >= 15 is 0 Å². The van der Waals surface area contributed by atoms with E-state index in [4.69, 9.17) is 16.1 Å². The number of halogens is 1. The van der Waals surface area contributed by atoms with E-state index < -0.39 is 0 Å². The van der Waals surface area contributed by atoms with Crippen molar-refractivity contribution in [2.75, 3.05) is 13.1 Å². The average Bonchev–Trinajstić information content (AvgIpc) is 3.34. The van der Waals surface area contributed by atoms with Crippen LogP contribution < -0.4 is 0 Å². The van der Waals surface area contributed by atoms with E-state index in [9.17, 15) is 4.79 Å². The summed E-state index contributed by atoms with van der Waals surface area (Å²) >= 11 is 7.24. The molecular weight excluding hydrogens is 364 g/mol. The Kier molecular flexibility index (Phi) is 4.26. The summed E-state index contributed by atoms with van der Waals surface area (Å²) in [5.74, 6) is 0.907. The number of amides is 1. The van der Waals surface area contributed by atoms with Gasteiger partial charge in [0.25, 0.3) is 5.91 Å². The van der Waals surface area contributed by atoms with Crippen LogP contribution in [-0.2, 0) is 0 Å². The van der Waals surface area contributed by atoms with Gasteiger partial charge in [-0.25, -0.2) is 4.68 Å². The Morgan fingerprint density at radius 2 is 2.32 bits per heavy atom. The van der Waals surface area contributed by atoms with E-state index in [0.717, 1.165) is 19.4 Å². The molecule has 8 nitrogen and oxygen atoms in total. The molecule has 0 N–H and O–H groups in total. The molecule has 130 valence electrons. The van der Waals surface area contributed by atoms with E-state index in [1.807, 2.05) is 4.90 Å². The molecule has 0 aromatic carbocycles. The summed E-state index contributed by atoms with van der Waals surface area (Å²) in [6, 6.07) is 3.59. The third-order valence-corrected chi connectivity index (χ3v) is 5.33. The normalized spacial score (nSPS) is 17.8. The Morgan fingerprint density at radius 3 is 3.04 bits per heavy atom. The Hall–Kier alpha value is -2.26. The lowest BCUT2D eigenvalue weighted by Gasteiger charge is -2.32. The molecule has 1 amide bonds. The molecule has 0 spiro atoms. The first kappa shape index (κ1) is 16.2. The second-order valence-corrected chi connectivity index (χ2v) is 7.59. The van der Waals surface area contributed by atoms with E-state index in [1.54, 1.807) is 29.9 Å². The van der Waals surface area contributed by atoms with Crippen LogP contribution in [0.4, 0.5) is 0 Å². The van der Waals surface area contributed by atoms with Gasteiger partial charge < -0.3 is 9.42 Å². The van der Waals surface area contributed by atoms with Crippen LogP contribution >= 0.6 is 22.9 Å². The van der Waals surface area contributed by atoms with Crippen molar-refractivity contribution in [2.24, 2.45) is 0 Å². The maximum atomic E-state index is 12.6. The number of piperidine rings is 1. The SMILES string of the molecule is Cc1nc(-c2cn(C3CCCN(C(=O)c4ccc(Cl)s4)C3)nn2)no1. The molecule has 3 aromatic rings. The standard InChI is InChI=1S/C15H15ClN6O2S/c1-9-17-14(19-24-9)11-8-22(20-18-11)10-3-2-6-21(7-10)15(23)12-4-5-13(16)25-12/h4-5,8,10H,2-3,6-7H2,1H3. The van der Waals surface area contributed by atoms with Gasteiger partial charge in [-0.1, -0.05) is 22.0 Å². The zero-order chi connectivity index (χ0) is 17.4. The van der Waals surface area contributed by atoms with Crippen molar-refractivity contribution < 1.29 is 9.32 Å². The fourth-order valence-corrected chi connectivity index (χ4v) is 3.91. The molecule has 1 aliphatic rings. The number of carbonyl (C=O) groups excluding carboxylic acids is 1. The van der Waals surface area contributed by atoms with E-state index in [-0.39, 0.29) is 11.9 Å². The molecule has 4 rings (SSSR count). The van der Waals surface area contributed by atoms with Gasteiger partial charge in [-0.05, 0) is 25.0 Å². The zero-order valence-electron chi connectivity index (χ0n) is 13.4. The number of likely N-dealkylation sites (tertiary alicyclic amines) is 1. The predicted molar refractivity (Wildman–Crippen MR) is 91.6 cm³/mol. The largest absolute Gasteiger partial charge is 0.339 e. The molecule has 0 saturated carbocycles. The number of aryl methyl sites for hydroxylation is 1. The van der Waals surface area contributed by atoms with E-state index in [1.165, 1.54) is 11.3 Å². The maximum absolute atomic E-state index is 12.6. The summed E-state index contributed by atoms with van der Waals surface area (Å²) in [5, 5.41) is 12.2. The van der Waals surface area contributed by atoms with Crippen LogP contribution in [0.15, 0.2) is 22.9 Å². The van der Waals surface area contributed by atoms with Crippen molar-refractivity contribution in [2.45, 2.75) is 25.8 Å². The monoisotopic (exact) mass is 378 g/mol. The van der Waals surface area contributed by atoms with Gasteiger partial charge >= 0.3 is 0 Å². The van der Waals surface area contributed by atoms with Crippen LogP contribution in [0.1, 0.15) is 34.4 Å². The number of carbonyl (C=O) groups is 1. The van der Waals surface area contributed by atoms with Gasteiger partial charge in [0, 0.05) is 20.0 Å². The molecule has 10 heteroatoms. The Morgan fingerprint density at radius 1 is 1.44 bits per heavy atom. The van der Waals surface area contributed by atoms with Crippen LogP contribution in [0, 0.1) is 6.92 Å². The second kappa shape index (κ2) is 6.57. The zero-order valence-corrected chi connectivity index (χ0v) is 15.0. The van der Waals surface area contributed by atoms with Gasteiger partial charge in [0.05, 0.1) is 21.5 Å². The molecule has 1 unspecified atom stereocenters. The second-order valence-electron chi connectivity index (χ2n) is 5.87. The molecule has 3 aromatic heterocycles. The lowest BCUT2D eigenvalue weighted by atomic mass is 10.1. The third-order valence-electron chi connectivity index (χ3n) is 4.11. The third kappa shape index (κ3) is 3.29. The molecule has 25 heavy (non-hydrogen) atoms. The van der Waals surface area contributed by atoms with Gasteiger partial charge in [0.15, 0.2) is 5.69 Å². The van der Waals surface area contributed by atoms with Gasteiger partial charge in [0.2, 0.25) is 11.7 Å². The molecule has 1 atom stereocenters. The van der Waals surface area contributed by atoms with Gasteiger partial charge in [0.1, 0.15) is 0 Å². The quantitative estimate of drug-likeness (QED) is 0.696. The lowest BCUT2D eigenvalue weighted by Crippen LogP contribution is -2.40. The Balaban J connectivity index is 1.50. The summed E-state index contributed by atoms with van der Waals surface area (Å²) < 4.78 is 7.37. The Labute approximate surface area is 152 Å². The minimum absolute atomic E-state index is 0.00994. The van der Waals surface area contributed by atoms with Crippen molar-refractivity contribution >= 4 is 28.8 Å². The molecule has 4 heterocycles. The van der Waals surface area contributed by atoms with Crippen LogP contribution in [0.25, 0.3) is 11.5 Å². The smallest absolute Gasteiger partial charge is 0.264 e. The van der Waals surface area contributed by atoms with Crippen LogP contribution in [0.3, 0.4) is 0 Å². The highest BCUT2D eigenvalue weighted by Gasteiger charge is 2.27. The fourth-order valence-electron chi connectivity index (χ4n) is 2.90. The lowest BCUT2D eigenvalue weighted by molar-refractivity contribution is 0.0677. The highest BCUT2D eigenvalue weighted by Crippen LogP contribution is 2.27. The number of rotatable bonds is 3. The molecule has 1 fully saturated rings. The Bertz CT molecular complexity index is 903. The predicted octanol–water partition coefficient (Wildman–Crippen LogP) is 2.83. The average molecular weight is 379 g/mol. The van der Waals surface area contributed by atoms with Crippen molar-refractivity contribution in [3.63, 3.8) is 0 Å². The van der Waals surface area contributed by atoms with E-state index in [0.29, 0.717) is 33.2 Å². The minimum atomic E-state index is 0.00994. The van der Waals surface area contributed by atoms with Gasteiger partial charge in [-0.2, -0.15) is 4.98 Å². The van der Waals surface area contributed by atoms with Crippen LogP contribution in [0.2, 0.25) is 4.34 Å². The summed E-state index contributed by atoms with van der Waals surface area (Å²) in [5.41, 5.74) is 0.560. The minimum Gasteiger partial charge on any atom is -0.339 e. The highest BCUT2D eigenvalue weighted by molar-refractivity contribution is 7.17. The van der Waals surface area contributed by atoms with Crippen molar-refractivity contribution in [3.8, 4) is 11.5 Å². The molecule has 1 saturated heterocycles. The number of thiophene rings is 1. The number of aromatic nitrogens is 5. The van der Waals surface area contributed by atoms with E-state index in [2.05, 4.69) is 20.5 Å². The van der Waals surface area contributed by atoms with Crippen molar-refractivity contribution in [3.05, 3.63) is 33.4 Å². The van der Waals surface area contributed by atoms with Gasteiger partial charge in [-0.15, -0.1) is 16.4 Å². The summed E-state index contributed by atoms with van der Waals surface area (Å²) in [7, 11) is 0. The summed E-state index contributed by atoms with van der Waals surface area (Å²) in [6.45, 7) is 3.04.